The summed E-state index contributed by atoms with van der Waals surface area (Å²) >= 11 is 0. The van der Waals surface area contributed by atoms with Crippen molar-refractivity contribution >= 4 is 15.7 Å². The minimum Gasteiger partial charge on any atom is -0.491 e. The standard InChI is InChI=1S/C19H23N3O3S/c1-14(2)25-17-5-7-18(8-6-17)26(23,24)20-11-10-16-13-22-12-15(3)4-9-19(22)21-16/h4-9,12-14,20H,10-11H2,1-3H3. The second-order valence-electron chi connectivity index (χ2n) is 6.49. The van der Waals surface area contributed by atoms with Crippen molar-refractivity contribution in [1.82, 2.24) is 14.1 Å². The highest BCUT2D eigenvalue weighted by molar-refractivity contribution is 7.89. The molecule has 2 heterocycles. The normalized spacial score (nSPS) is 12.0. The maximum Gasteiger partial charge on any atom is 0.240 e. The van der Waals surface area contributed by atoms with Gasteiger partial charge in [-0.3, -0.25) is 0 Å². The molecule has 0 aliphatic carbocycles. The van der Waals surface area contributed by atoms with Gasteiger partial charge in [0.05, 0.1) is 16.7 Å². The van der Waals surface area contributed by atoms with Crippen molar-refractivity contribution in [3.63, 3.8) is 0 Å². The lowest BCUT2D eigenvalue weighted by atomic mass is 10.3. The van der Waals surface area contributed by atoms with Crippen molar-refractivity contribution < 1.29 is 13.2 Å². The van der Waals surface area contributed by atoms with Crippen LogP contribution in [-0.4, -0.2) is 30.5 Å². The summed E-state index contributed by atoms with van der Waals surface area (Å²) in [6.45, 7) is 6.15. The Bertz CT molecular complexity index is 993. The van der Waals surface area contributed by atoms with E-state index < -0.39 is 10.0 Å². The van der Waals surface area contributed by atoms with E-state index in [1.165, 1.54) is 0 Å². The average molecular weight is 373 g/mol. The van der Waals surface area contributed by atoms with Gasteiger partial charge in [0.2, 0.25) is 10.0 Å². The van der Waals surface area contributed by atoms with Crippen molar-refractivity contribution in [2.75, 3.05) is 6.54 Å². The number of hydrogen-bond donors (Lipinski definition) is 1. The van der Waals surface area contributed by atoms with E-state index in [1.807, 2.05) is 49.7 Å². The van der Waals surface area contributed by atoms with Crippen LogP contribution in [0.4, 0.5) is 0 Å². The predicted octanol–water partition coefficient (Wildman–Crippen LogP) is 2.95. The molecule has 3 rings (SSSR count). The molecule has 0 radical (unpaired) electrons. The van der Waals surface area contributed by atoms with Gasteiger partial charge in [0.1, 0.15) is 11.4 Å². The van der Waals surface area contributed by atoms with Gasteiger partial charge in [0.15, 0.2) is 0 Å². The highest BCUT2D eigenvalue weighted by Crippen LogP contribution is 2.17. The maximum absolute atomic E-state index is 12.4. The van der Waals surface area contributed by atoms with E-state index >= 15 is 0 Å². The third-order valence-electron chi connectivity index (χ3n) is 3.83. The first kappa shape index (κ1) is 18.4. The van der Waals surface area contributed by atoms with Crippen molar-refractivity contribution in [2.45, 2.75) is 38.2 Å². The van der Waals surface area contributed by atoms with E-state index in [0.717, 1.165) is 16.9 Å². The number of benzene rings is 1. The first-order valence-corrected chi connectivity index (χ1v) is 10.0. The molecule has 0 aliphatic heterocycles. The number of sulfonamides is 1. The lowest BCUT2D eigenvalue weighted by Crippen LogP contribution is -2.26. The zero-order valence-corrected chi connectivity index (χ0v) is 16.0. The van der Waals surface area contributed by atoms with E-state index in [4.69, 9.17) is 4.74 Å². The third-order valence-corrected chi connectivity index (χ3v) is 5.30. The highest BCUT2D eigenvalue weighted by Gasteiger charge is 2.14. The molecule has 0 saturated heterocycles. The van der Waals surface area contributed by atoms with Crippen LogP contribution < -0.4 is 9.46 Å². The number of nitrogens with zero attached hydrogens (tertiary/aromatic N) is 2. The number of imidazole rings is 1. The Hall–Kier alpha value is -2.38. The third kappa shape index (κ3) is 4.42. The Kier molecular flexibility index (Phi) is 5.29. The Morgan fingerprint density at radius 1 is 1.12 bits per heavy atom. The Balaban J connectivity index is 1.62. The van der Waals surface area contributed by atoms with Gasteiger partial charge in [-0.1, -0.05) is 6.07 Å². The number of hydrogen-bond acceptors (Lipinski definition) is 4. The molecule has 1 N–H and O–H groups in total. The summed E-state index contributed by atoms with van der Waals surface area (Å²) in [6, 6.07) is 10.4. The topological polar surface area (TPSA) is 72.7 Å². The Morgan fingerprint density at radius 3 is 2.54 bits per heavy atom. The monoisotopic (exact) mass is 373 g/mol. The largest absolute Gasteiger partial charge is 0.491 e. The molecular weight excluding hydrogens is 350 g/mol. The minimum absolute atomic E-state index is 0.0461. The van der Waals surface area contributed by atoms with Crippen LogP contribution in [0.3, 0.4) is 0 Å². The molecule has 0 spiro atoms. The molecule has 138 valence electrons. The molecule has 26 heavy (non-hydrogen) atoms. The van der Waals surface area contributed by atoms with Gasteiger partial charge in [0, 0.05) is 25.4 Å². The summed E-state index contributed by atoms with van der Waals surface area (Å²) in [5.41, 5.74) is 2.85. The molecule has 1 aromatic carbocycles. The molecule has 0 fully saturated rings. The van der Waals surface area contributed by atoms with Crippen LogP contribution in [0, 0.1) is 6.92 Å². The fraction of sp³-hybridized carbons (Fsp3) is 0.316. The number of rotatable bonds is 7. The summed E-state index contributed by atoms with van der Waals surface area (Å²) in [4.78, 5) is 4.72. The van der Waals surface area contributed by atoms with Crippen LogP contribution in [0.1, 0.15) is 25.1 Å². The summed E-state index contributed by atoms with van der Waals surface area (Å²) in [5, 5.41) is 0. The molecule has 2 aromatic heterocycles. The van der Waals surface area contributed by atoms with E-state index in [0.29, 0.717) is 12.2 Å². The quantitative estimate of drug-likeness (QED) is 0.691. The van der Waals surface area contributed by atoms with Crippen molar-refractivity contribution in [3.05, 3.63) is 60.0 Å². The zero-order chi connectivity index (χ0) is 18.7. The lowest BCUT2D eigenvalue weighted by molar-refractivity contribution is 0.242. The van der Waals surface area contributed by atoms with Crippen LogP contribution in [0.5, 0.6) is 5.75 Å². The molecular formula is C19H23N3O3S. The van der Waals surface area contributed by atoms with Crippen molar-refractivity contribution in [2.24, 2.45) is 0 Å². The number of aromatic nitrogens is 2. The van der Waals surface area contributed by atoms with E-state index in [2.05, 4.69) is 9.71 Å². The molecule has 0 bridgehead atoms. The molecule has 0 atom stereocenters. The second kappa shape index (κ2) is 7.47. The van der Waals surface area contributed by atoms with Crippen LogP contribution in [0.15, 0.2) is 53.7 Å². The molecule has 0 amide bonds. The molecule has 7 heteroatoms. The zero-order valence-electron chi connectivity index (χ0n) is 15.1. The molecule has 0 saturated carbocycles. The fourth-order valence-corrected chi connectivity index (χ4v) is 3.67. The highest BCUT2D eigenvalue weighted by atomic mass is 32.2. The first-order valence-electron chi connectivity index (χ1n) is 8.54. The summed E-state index contributed by atoms with van der Waals surface area (Å²) in [5.74, 6) is 0.652. The number of ether oxygens (including phenoxy) is 1. The van der Waals surface area contributed by atoms with Crippen LogP contribution in [-0.2, 0) is 16.4 Å². The van der Waals surface area contributed by atoms with Crippen molar-refractivity contribution in [1.29, 1.82) is 0 Å². The van der Waals surface area contributed by atoms with Crippen LogP contribution >= 0.6 is 0 Å². The molecule has 3 aromatic rings. The van der Waals surface area contributed by atoms with Gasteiger partial charge in [-0.25, -0.2) is 18.1 Å². The first-order chi connectivity index (χ1) is 12.3. The van der Waals surface area contributed by atoms with E-state index in [-0.39, 0.29) is 17.5 Å². The van der Waals surface area contributed by atoms with Crippen LogP contribution in [0.2, 0.25) is 0 Å². The number of nitrogens with one attached hydrogen (secondary N) is 1. The van der Waals surface area contributed by atoms with Gasteiger partial charge in [0.25, 0.3) is 0 Å². The van der Waals surface area contributed by atoms with Gasteiger partial charge >= 0.3 is 0 Å². The van der Waals surface area contributed by atoms with Gasteiger partial charge in [-0.05, 0) is 56.7 Å². The number of aryl methyl sites for hydroxylation is 1. The van der Waals surface area contributed by atoms with Gasteiger partial charge < -0.3 is 9.14 Å². The Labute approximate surface area is 153 Å². The summed E-state index contributed by atoms with van der Waals surface area (Å²) in [7, 11) is -3.55. The van der Waals surface area contributed by atoms with E-state index in [1.54, 1.807) is 24.3 Å². The maximum atomic E-state index is 12.4. The summed E-state index contributed by atoms with van der Waals surface area (Å²) in [6.07, 6.45) is 4.49. The fourth-order valence-electron chi connectivity index (χ4n) is 2.64. The average Bonchev–Trinajstić information content (AvgIpc) is 2.96. The van der Waals surface area contributed by atoms with Crippen LogP contribution in [0.25, 0.3) is 5.65 Å². The van der Waals surface area contributed by atoms with Gasteiger partial charge in [-0.2, -0.15) is 0 Å². The summed E-state index contributed by atoms with van der Waals surface area (Å²) < 4.78 is 34.9. The van der Waals surface area contributed by atoms with Gasteiger partial charge in [-0.15, -0.1) is 0 Å². The minimum atomic E-state index is -3.55. The van der Waals surface area contributed by atoms with Crippen molar-refractivity contribution in [3.8, 4) is 5.75 Å². The molecule has 0 unspecified atom stereocenters. The van der Waals surface area contributed by atoms with E-state index in [9.17, 15) is 8.42 Å². The lowest BCUT2D eigenvalue weighted by Gasteiger charge is -2.10. The SMILES string of the molecule is Cc1ccc2nc(CCNS(=O)(=O)c3ccc(OC(C)C)cc3)cn2c1. The Morgan fingerprint density at radius 2 is 1.85 bits per heavy atom. The smallest absolute Gasteiger partial charge is 0.240 e. The molecule has 0 aliphatic rings. The second-order valence-corrected chi connectivity index (χ2v) is 8.26. The number of fused-ring (bicyclic) bond motifs is 1. The predicted molar refractivity (Wildman–Crippen MR) is 101 cm³/mol. The molecule has 6 nitrogen and oxygen atoms in total. The number of pyridine rings is 1.